The van der Waals surface area contributed by atoms with Crippen LogP contribution in [0.15, 0.2) is 17.3 Å². The van der Waals surface area contributed by atoms with Crippen molar-refractivity contribution in [1.82, 2.24) is 0 Å². The molecule has 0 aliphatic heterocycles. The third kappa shape index (κ3) is 6.19. The van der Waals surface area contributed by atoms with E-state index in [1.165, 1.54) is 0 Å². The molecule has 1 N–H and O–H groups in total. The highest BCUT2D eigenvalue weighted by atomic mass is 16.6. The highest BCUT2D eigenvalue weighted by Gasteiger charge is 1.98. The quantitative estimate of drug-likeness (QED) is 0.170. The summed E-state index contributed by atoms with van der Waals surface area (Å²) < 4.78 is 4.61. The summed E-state index contributed by atoms with van der Waals surface area (Å²) >= 11 is 0. The average Bonchev–Trinajstić information content (AvgIpc) is 2.05. The molecule has 0 aromatic heterocycles. The molecule has 0 heterocycles. The fraction of sp³-hybridized carbons (Fsp3) is 0.600. The van der Waals surface area contributed by atoms with Crippen LogP contribution in [0.25, 0.3) is 15.4 Å². The highest BCUT2D eigenvalue weighted by Crippen LogP contribution is 1.93. The molecule has 0 atom stereocenters. The number of ether oxygens (including phenoxy) is 1. The summed E-state index contributed by atoms with van der Waals surface area (Å²) in [6.45, 7) is 0.511. The first-order chi connectivity index (χ1) is 5.81. The summed E-state index contributed by atoms with van der Waals surface area (Å²) in [4.78, 5) is 5.05. The van der Waals surface area contributed by atoms with Crippen LogP contribution in [-0.4, -0.2) is 18.3 Å². The van der Waals surface area contributed by atoms with Crippen molar-refractivity contribution in [3.8, 4) is 0 Å². The van der Waals surface area contributed by atoms with Gasteiger partial charge in [-0.05, 0) is 12.0 Å². The number of rotatable bonds is 5. The second-order valence-electron chi connectivity index (χ2n) is 1.74. The SMILES string of the molecule is N#[N+]C=C(O)OCCCN=[N+]=[N-]. The standard InChI is InChI=1S/C5H7N5O2/c6-8-4-5(11)12-3-1-2-9-10-7/h4H,1-3H2/p+1. The van der Waals surface area contributed by atoms with Crippen molar-refractivity contribution in [2.75, 3.05) is 13.2 Å². The molecule has 0 aliphatic rings. The van der Waals surface area contributed by atoms with Gasteiger partial charge in [0.15, 0.2) is 4.98 Å². The van der Waals surface area contributed by atoms with E-state index in [1.807, 2.05) is 0 Å². The molecule has 64 valence electrons. The third-order valence-corrected chi connectivity index (χ3v) is 0.884. The van der Waals surface area contributed by atoms with Gasteiger partial charge in [0.05, 0.1) is 6.61 Å². The zero-order valence-corrected chi connectivity index (χ0v) is 6.29. The van der Waals surface area contributed by atoms with E-state index < -0.39 is 5.95 Å². The van der Waals surface area contributed by atoms with Gasteiger partial charge in [0.2, 0.25) is 5.39 Å². The van der Waals surface area contributed by atoms with Crippen LogP contribution >= 0.6 is 0 Å². The second kappa shape index (κ2) is 7.18. The molecule has 0 amide bonds. The Morgan fingerprint density at radius 1 is 1.75 bits per heavy atom. The molecule has 0 fully saturated rings. The number of nitrogens with zero attached hydrogens (tertiary/aromatic N) is 5. The van der Waals surface area contributed by atoms with E-state index >= 15 is 0 Å². The Balaban J connectivity index is 3.38. The van der Waals surface area contributed by atoms with Crippen molar-refractivity contribution < 1.29 is 9.84 Å². The number of aliphatic hydroxyl groups excluding tert-OH is 1. The number of hydrogen-bond donors (Lipinski definition) is 1. The first-order valence-corrected chi connectivity index (χ1v) is 3.18. The maximum Gasteiger partial charge on any atom is 0.429 e. The van der Waals surface area contributed by atoms with Gasteiger partial charge in [-0.15, -0.1) is 0 Å². The van der Waals surface area contributed by atoms with Gasteiger partial charge in [-0.2, -0.15) is 0 Å². The number of aliphatic hydroxyl groups is 1. The fourth-order valence-electron chi connectivity index (χ4n) is 0.443. The van der Waals surface area contributed by atoms with Crippen LogP contribution in [0.3, 0.4) is 0 Å². The number of diazo groups is 1. The Bertz CT molecular complexity index is 237. The summed E-state index contributed by atoms with van der Waals surface area (Å²) in [6.07, 6.45) is 1.25. The van der Waals surface area contributed by atoms with E-state index in [4.69, 9.17) is 16.0 Å². The molecule has 0 aromatic carbocycles. The Labute approximate surface area is 68.5 Å². The zero-order chi connectivity index (χ0) is 9.23. The molecule has 0 saturated carbocycles. The van der Waals surface area contributed by atoms with Gasteiger partial charge in [0, 0.05) is 11.5 Å². The Morgan fingerprint density at radius 2 is 2.50 bits per heavy atom. The summed E-state index contributed by atoms with van der Waals surface area (Å²) in [5.74, 6) is -0.474. The minimum atomic E-state index is -0.474. The first-order valence-electron chi connectivity index (χ1n) is 3.18. The smallest absolute Gasteiger partial charge is 0.429 e. The lowest BCUT2D eigenvalue weighted by molar-refractivity contribution is 0.0928. The fourth-order valence-corrected chi connectivity index (χ4v) is 0.443. The summed E-state index contributed by atoms with van der Waals surface area (Å²) in [5.41, 5.74) is 7.87. The minimum absolute atomic E-state index is 0.205. The van der Waals surface area contributed by atoms with Crippen LogP contribution in [0.2, 0.25) is 0 Å². The minimum Gasteiger partial charge on any atom is -0.476 e. The van der Waals surface area contributed by atoms with Gasteiger partial charge in [-0.1, -0.05) is 5.11 Å². The van der Waals surface area contributed by atoms with E-state index in [0.29, 0.717) is 13.0 Å². The van der Waals surface area contributed by atoms with Crippen LogP contribution < -0.4 is 0 Å². The predicted octanol–water partition coefficient (Wildman–Crippen LogP) is 1.91. The monoisotopic (exact) mass is 170 g/mol. The Hall–Kier alpha value is -1.93. The Kier molecular flexibility index (Phi) is 6.03. The van der Waals surface area contributed by atoms with Crippen LogP contribution in [0.1, 0.15) is 6.42 Å². The molecule has 0 bridgehead atoms. The van der Waals surface area contributed by atoms with Crippen molar-refractivity contribution in [2.24, 2.45) is 5.11 Å². The van der Waals surface area contributed by atoms with Crippen LogP contribution in [0.5, 0.6) is 0 Å². The van der Waals surface area contributed by atoms with Crippen molar-refractivity contribution in [2.45, 2.75) is 6.42 Å². The predicted molar refractivity (Wildman–Crippen MR) is 40.4 cm³/mol. The number of hydrogen-bond acceptors (Lipinski definition) is 4. The summed E-state index contributed by atoms with van der Waals surface area (Å²) in [6, 6.07) is 0. The normalized spacial score (nSPS) is 9.75. The number of azide groups is 1. The lowest BCUT2D eigenvalue weighted by Gasteiger charge is -1.97. The van der Waals surface area contributed by atoms with Gasteiger partial charge in [-0.25, -0.2) is 0 Å². The molecule has 12 heavy (non-hydrogen) atoms. The van der Waals surface area contributed by atoms with Crippen LogP contribution in [0.4, 0.5) is 0 Å². The van der Waals surface area contributed by atoms with E-state index in [1.54, 1.807) is 0 Å². The van der Waals surface area contributed by atoms with E-state index in [2.05, 4.69) is 19.7 Å². The van der Waals surface area contributed by atoms with Crippen molar-refractivity contribution in [3.05, 3.63) is 27.6 Å². The third-order valence-electron chi connectivity index (χ3n) is 0.884. The van der Waals surface area contributed by atoms with Gasteiger partial charge < -0.3 is 9.84 Å². The van der Waals surface area contributed by atoms with Crippen molar-refractivity contribution in [3.63, 3.8) is 0 Å². The van der Waals surface area contributed by atoms with E-state index in [-0.39, 0.29) is 6.61 Å². The lowest BCUT2D eigenvalue weighted by atomic mass is 10.5. The molecule has 0 rings (SSSR count). The van der Waals surface area contributed by atoms with Gasteiger partial charge in [-0.3, -0.25) is 0 Å². The maximum absolute atomic E-state index is 8.69. The van der Waals surface area contributed by atoms with Gasteiger partial charge in [0.1, 0.15) is 0 Å². The van der Waals surface area contributed by atoms with Crippen LogP contribution in [-0.2, 0) is 4.74 Å². The van der Waals surface area contributed by atoms with Gasteiger partial charge in [0.25, 0.3) is 0 Å². The van der Waals surface area contributed by atoms with Gasteiger partial charge >= 0.3 is 12.1 Å². The van der Waals surface area contributed by atoms with Crippen molar-refractivity contribution >= 4 is 0 Å². The summed E-state index contributed by atoms with van der Waals surface area (Å²) in [5, 5.41) is 19.8. The average molecular weight is 170 g/mol. The van der Waals surface area contributed by atoms with Crippen molar-refractivity contribution in [1.29, 1.82) is 5.39 Å². The van der Waals surface area contributed by atoms with E-state index in [9.17, 15) is 0 Å². The summed E-state index contributed by atoms with van der Waals surface area (Å²) in [7, 11) is 0. The topological polar surface area (TPSA) is 106 Å². The molecule has 0 aromatic rings. The molecule has 7 heteroatoms. The first kappa shape index (κ1) is 10.1. The molecular formula is C5H8N5O2+. The second-order valence-corrected chi connectivity index (χ2v) is 1.74. The van der Waals surface area contributed by atoms with E-state index in [0.717, 1.165) is 6.20 Å². The molecule has 0 radical (unpaired) electrons. The maximum atomic E-state index is 8.69. The molecule has 0 unspecified atom stereocenters. The van der Waals surface area contributed by atoms with Crippen LogP contribution in [0, 0.1) is 5.39 Å². The molecule has 0 saturated heterocycles. The Morgan fingerprint density at radius 3 is 3.08 bits per heavy atom. The molecule has 0 aliphatic carbocycles. The molecule has 0 spiro atoms. The largest absolute Gasteiger partial charge is 0.476 e. The zero-order valence-electron chi connectivity index (χ0n) is 6.29. The lowest BCUT2D eigenvalue weighted by Crippen LogP contribution is -1.95. The molecule has 7 nitrogen and oxygen atoms in total. The highest BCUT2D eigenvalue weighted by molar-refractivity contribution is 4.87. The molecular weight excluding hydrogens is 162 g/mol.